The number of aryl methyl sites for hydroxylation is 2. The minimum atomic E-state index is -2.23. The van der Waals surface area contributed by atoms with E-state index in [0.29, 0.717) is 17.0 Å². The minimum absolute atomic E-state index is 0.306. The first kappa shape index (κ1) is 9.60. The number of aromatic nitrogens is 1. The van der Waals surface area contributed by atoms with Crippen LogP contribution in [0.25, 0.3) is 22.1 Å². The fourth-order valence-electron chi connectivity index (χ4n) is 3.05. The summed E-state index contributed by atoms with van der Waals surface area (Å²) in [6, 6.07) is 7.42. The summed E-state index contributed by atoms with van der Waals surface area (Å²) in [5.74, 6) is 0. The van der Waals surface area contributed by atoms with Gasteiger partial charge in [0.1, 0.15) is 6.17 Å². The van der Waals surface area contributed by atoms with E-state index in [1.165, 1.54) is 11.8 Å². The maximum atomic E-state index is 7.89. The summed E-state index contributed by atoms with van der Waals surface area (Å²) < 4.78 is 45.0. The number of hydrogen-bond acceptors (Lipinski definition) is 4. The Kier molecular flexibility index (Phi) is 2.09. The van der Waals surface area contributed by atoms with Crippen LogP contribution in [-0.4, -0.2) is 23.0 Å². The van der Waals surface area contributed by atoms with Gasteiger partial charge in [-0.25, -0.2) is 4.98 Å². The molecule has 0 unspecified atom stereocenters. The van der Waals surface area contributed by atoms with Crippen molar-refractivity contribution in [3.63, 3.8) is 0 Å². The van der Waals surface area contributed by atoms with Gasteiger partial charge in [-0.3, -0.25) is 0 Å². The molecular formula is C19H21N3O. The number of benzene rings is 1. The molecule has 1 aliphatic rings. The molecule has 118 valence electrons. The SMILES string of the molecule is [2H]C([2H])(C)c1ccc2c(n1)oc1c(N3C=CN(C([2H])([2H])[2H])[C@@H]3C)c(C)ccc12. The van der Waals surface area contributed by atoms with E-state index >= 15 is 0 Å². The van der Waals surface area contributed by atoms with Crippen LogP contribution in [-0.2, 0) is 6.37 Å². The van der Waals surface area contributed by atoms with Gasteiger partial charge in [0.2, 0.25) is 5.71 Å². The standard InChI is InChI=1S/C19H21N3O/c1-5-14-7-9-16-15-8-6-12(2)17(18(15)23-19(16)20-14)22-11-10-21(4)13(22)3/h6-11,13H,5H2,1-4H3/t13-/m0/s1/i4D3,5D2. The highest BCUT2D eigenvalue weighted by Crippen LogP contribution is 2.39. The van der Waals surface area contributed by atoms with Gasteiger partial charge in [-0.05, 0) is 37.9 Å². The number of anilines is 1. The molecule has 3 heterocycles. The maximum absolute atomic E-state index is 7.89. The predicted octanol–water partition coefficient (Wildman–Crippen LogP) is 4.42. The molecule has 1 aromatic carbocycles. The van der Waals surface area contributed by atoms with Crippen molar-refractivity contribution in [1.29, 1.82) is 0 Å². The lowest BCUT2D eigenvalue weighted by Crippen LogP contribution is -2.33. The minimum Gasteiger partial charge on any atom is -0.435 e. The normalized spacial score (nSPS) is 22.2. The lowest BCUT2D eigenvalue weighted by atomic mass is 10.1. The highest BCUT2D eigenvalue weighted by Gasteiger charge is 2.25. The second kappa shape index (κ2) is 5.01. The van der Waals surface area contributed by atoms with E-state index < -0.39 is 19.5 Å². The van der Waals surface area contributed by atoms with Gasteiger partial charge in [-0.1, -0.05) is 19.1 Å². The van der Waals surface area contributed by atoms with Crippen LogP contribution in [0.3, 0.4) is 0 Å². The molecule has 0 radical (unpaired) electrons. The summed E-state index contributed by atoms with van der Waals surface area (Å²) in [4.78, 5) is 7.59. The number of nitrogens with zero attached hydrogens (tertiary/aromatic N) is 3. The first-order valence-corrected chi connectivity index (χ1v) is 7.57. The van der Waals surface area contributed by atoms with E-state index in [1.54, 1.807) is 18.5 Å². The second-order valence-corrected chi connectivity index (χ2v) is 5.75. The zero-order valence-electron chi connectivity index (χ0n) is 18.3. The van der Waals surface area contributed by atoms with Crippen molar-refractivity contribution in [2.45, 2.75) is 33.3 Å². The molecule has 3 aromatic rings. The highest BCUT2D eigenvalue weighted by atomic mass is 16.3. The smallest absolute Gasteiger partial charge is 0.227 e. The molecule has 0 spiro atoms. The molecule has 4 nitrogen and oxygen atoms in total. The third-order valence-corrected chi connectivity index (χ3v) is 4.39. The topological polar surface area (TPSA) is 32.5 Å². The highest BCUT2D eigenvalue weighted by molar-refractivity contribution is 6.08. The molecule has 0 saturated heterocycles. The molecular weight excluding hydrogens is 286 g/mol. The number of hydrogen-bond donors (Lipinski definition) is 0. The van der Waals surface area contributed by atoms with E-state index in [9.17, 15) is 0 Å². The van der Waals surface area contributed by atoms with E-state index in [4.69, 9.17) is 11.3 Å². The van der Waals surface area contributed by atoms with Crippen LogP contribution in [0.5, 0.6) is 0 Å². The third kappa shape index (κ3) is 2.01. The molecule has 4 rings (SSSR count). The zero-order valence-corrected chi connectivity index (χ0v) is 13.3. The summed E-state index contributed by atoms with van der Waals surface area (Å²) in [5, 5.41) is 1.66. The molecule has 0 saturated carbocycles. The summed E-state index contributed by atoms with van der Waals surface area (Å²) in [7, 11) is 0. The van der Waals surface area contributed by atoms with Crippen LogP contribution in [0.15, 0.2) is 41.1 Å². The Hall–Kier alpha value is -2.49. The predicted molar refractivity (Wildman–Crippen MR) is 94.5 cm³/mol. The van der Waals surface area contributed by atoms with Crippen LogP contribution in [0.2, 0.25) is 0 Å². The quantitative estimate of drug-likeness (QED) is 0.701. The molecule has 0 bridgehead atoms. The van der Waals surface area contributed by atoms with E-state index in [0.717, 1.165) is 22.0 Å². The van der Waals surface area contributed by atoms with Gasteiger partial charge < -0.3 is 14.2 Å². The van der Waals surface area contributed by atoms with Gasteiger partial charge in [-0.15, -0.1) is 0 Å². The first-order chi connectivity index (χ1) is 13.0. The molecule has 4 heteroatoms. The zero-order chi connectivity index (χ0) is 20.4. The molecule has 0 N–H and O–H groups in total. The van der Waals surface area contributed by atoms with Gasteiger partial charge in [0, 0.05) is 42.7 Å². The fourth-order valence-corrected chi connectivity index (χ4v) is 3.05. The van der Waals surface area contributed by atoms with Gasteiger partial charge in [0.15, 0.2) is 5.58 Å². The molecule has 0 aliphatic carbocycles. The summed E-state index contributed by atoms with van der Waals surface area (Å²) in [6.07, 6.45) is 1.34. The molecule has 1 aliphatic heterocycles. The molecule has 1 atom stereocenters. The summed E-state index contributed by atoms with van der Waals surface area (Å²) in [6.45, 7) is 3.00. The summed E-state index contributed by atoms with van der Waals surface area (Å²) in [5.41, 5.74) is 3.02. The molecule has 23 heavy (non-hydrogen) atoms. The Labute approximate surface area is 143 Å². The molecule has 2 aromatic heterocycles. The van der Waals surface area contributed by atoms with Crippen molar-refractivity contribution in [2.75, 3.05) is 11.9 Å². The lowest BCUT2D eigenvalue weighted by molar-refractivity contribution is 0.383. The van der Waals surface area contributed by atoms with Crippen LogP contribution in [0.4, 0.5) is 5.69 Å². The Morgan fingerprint density at radius 2 is 2.09 bits per heavy atom. The van der Waals surface area contributed by atoms with Crippen molar-refractivity contribution in [1.82, 2.24) is 9.88 Å². The molecule has 0 fully saturated rings. The maximum Gasteiger partial charge on any atom is 0.227 e. The van der Waals surface area contributed by atoms with Crippen LogP contribution in [0.1, 0.15) is 32.0 Å². The van der Waals surface area contributed by atoms with Crippen molar-refractivity contribution < 1.29 is 11.3 Å². The van der Waals surface area contributed by atoms with Gasteiger partial charge in [0.05, 0.1) is 5.69 Å². The monoisotopic (exact) mass is 312 g/mol. The van der Waals surface area contributed by atoms with Gasteiger partial charge in [-0.2, -0.15) is 0 Å². The van der Waals surface area contributed by atoms with E-state index in [1.807, 2.05) is 36.9 Å². The third-order valence-electron chi connectivity index (χ3n) is 4.39. The lowest BCUT2D eigenvalue weighted by Gasteiger charge is -2.28. The van der Waals surface area contributed by atoms with Crippen molar-refractivity contribution >= 4 is 27.8 Å². The number of furan rings is 1. The average molecular weight is 312 g/mol. The second-order valence-electron chi connectivity index (χ2n) is 5.75. The van der Waals surface area contributed by atoms with Crippen molar-refractivity contribution in [2.24, 2.45) is 0 Å². The molecule has 0 amide bonds. The largest absolute Gasteiger partial charge is 0.435 e. The van der Waals surface area contributed by atoms with E-state index in [-0.39, 0.29) is 0 Å². The number of fused-ring (bicyclic) bond motifs is 3. The fraction of sp³-hybridized carbons (Fsp3) is 0.316. The van der Waals surface area contributed by atoms with Crippen molar-refractivity contribution in [3.05, 3.63) is 47.9 Å². The van der Waals surface area contributed by atoms with E-state index in [2.05, 4.69) is 4.98 Å². The van der Waals surface area contributed by atoms with Gasteiger partial charge >= 0.3 is 0 Å². The van der Waals surface area contributed by atoms with Gasteiger partial charge in [0.25, 0.3) is 0 Å². The van der Waals surface area contributed by atoms with Crippen LogP contribution < -0.4 is 4.90 Å². The summed E-state index contributed by atoms with van der Waals surface area (Å²) >= 11 is 0. The number of pyridine rings is 1. The van der Waals surface area contributed by atoms with Crippen LogP contribution in [0, 0.1) is 6.92 Å². The Balaban J connectivity index is 1.90. The first-order valence-electron chi connectivity index (χ1n) is 10.1. The number of rotatable bonds is 2. The van der Waals surface area contributed by atoms with Crippen LogP contribution >= 0.6 is 0 Å². The Morgan fingerprint density at radius 3 is 2.83 bits per heavy atom. The Bertz CT molecular complexity index is 1100. The average Bonchev–Trinajstić information content (AvgIpc) is 3.13. The van der Waals surface area contributed by atoms with Crippen molar-refractivity contribution in [3.8, 4) is 0 Å². The Morgan fingerprint density at radius 1 is 1.26 bits per heavy atom.